The Balaban J connectivity index is 1.69. The molecule has 0 aliphatic rings. The van der Waals surface area contributed by atoms with Crippen molar-refractivity contribution in [2.45, 2.75) is 60.0 Å². The van der Waals surface area contributed by atoms with Crippen LogP contribution in [0.3, 0.4) is 0 Å². The molecule has 0 aliphatic heterocycles. The third-order valence-corrected chi connectivity index (χ3v) is 7.31. The number of anilines is 2. The number of nitrogens with one attached hydrogen (secondary N) is 2. The van der Waals surface area contributed by atoms with Crippen LogP contribution in [-0.4, -0.2) is 37.7 Å². The Morgan fingerprint density at radius 3 is 2.46 bits per heavy atom. The van der Waals surface area contributed by atoms with Crippen LogP contribution in [0.15, 0.2) is 36.5 Å². The van der Waals surface area contributed by atoms with Crippen LogP contribution in [0.25, 0.3) is 20.8 Å². The Kier molecular flexibility index (Phi) is 7.93. The molecule has 0 fully saturated rings. The molecule has 1 aromatic carbocycles. The summed E-state index contributed by atoms with van der Waals surface area (Å²) < 4.78 is 1.10. The predicted octanol–water partition coefficient (Wildman–Crippen LogP) is 5.89. The van der Waals surface area contributed by atoms with Gasteiger partial charge in [0, 0.05) is 25.4 Å². The van der Waals surface area contributed by atoms with Crippen LogP contribution in [0.2, 0.25) is 0 Å². The van der Waals surface area contributed by atoms with E-state index >= 15 is 0 Å². The molecule has 8 heteroatoms. The summed E-state index contributed by atoms with van der Waals surface area (Å²) in [4.78, 5) is 19.0. The Bertz CT molecular complexity index is 1280. The Morgan fingerprint density at radius 2 is 1.77 bits per heavy atom. The first kappa shape index (κ1) is 25.0. The fourth-order valence-corrected chi connectivity index (χ4v) is 5.26. The number of pyridine rings is 1. The number of aliphatic hydroxyl groups is 1. The van der Waals surface area contributed by atoms with Gasteiger partial charge in [-0.05, 0) is 51.7 Å². The van der Waals surface area contributed by atoms with Crippen molar-refractivity contribution >= 4 is 33.3 Å². The minimum atomic E-state index is 0.128. The molecule has 0 amide bonds. The molecular weight excluding hydrogens is 456 g/mol. The number of rotatable bonds is 10. The summed E-state index contributed by atoms with van der Waals surface area (Å²) in [5.41, 5.74) is 6.01. The molecule has 0 radical (unpaired) electrons. The maximum absolute atomic E-state index is 9.69. The average molecular weight is 491 g/mol. The fourth-order valence-electron chi connectivity index (χ4n) is 4.15. The maximum atomic E-state index is 9.69. The van der Waals surface area contributed by atoms with Crippen LogP contribution < -0.4 is 10.6 Å². The number of thiazole rings is 1. The van der Waals surface area contributed by atoms with E-state index in [2.05, 4.69) is 60.7 Å². The van der Waals surface area contributed by atoms with Gasteiger partial charge in [0.25, 0.3) is 0 Å². The molecule has 0 spiro atoms. The standard InChI is InChI=1S/C27H34N6OS/c1-6-20(15-34)13-17(3)30-25-23(26-32-24-19(5)28-12-11-22(24)35-26)18(4)31-27(33-25)29-14-21-9-7-16(2)8-10-21/h7-12,17,20,34H,6,13-15H2,1-5H3,(H2,29,30,31,33). The Hall–Kier alpha value is -3.10. The third kappa shape index (κ3) is 5.94. The van der Waals surface area contributed by atoms with Crippen molar-refractivity contribution in [2.75, 3.05) is 17.2 Å². The smallest absolute Gasteiger partial charge is 0.225 e. The van der Waals surface area contributed by atoms with Crippen molar-refractivity contribution in [3.63, 3.8) is 0 Å². The minimum absolute atomic E-state index is 0.128. The lowest BCUT2D eigenvalue weighted by molar-refractivity contribution is 0.211. The molecule has 35 heavy (non-hydrogen) atoms. The molecule has 3 N–H and O–H groups in total. The van der Waals surface area contributed by atoms with E-state index in [1.54, 1.807) is 11.3 Å². The summed E-state index contributed by atoms with van der Waals surface area (Å²) >= 11 is 1.63. The monoisotopic (exact) mass is 490 g/mol. The summed E-state index contributed by atoms with van der Waals surface area (Å²) in [5.74, 6) is 1.59. The first-order valence-electron chi connectivity index (χ1n) is 12.2. The number of aromatic nitrogens is 4. The van der Waals surface area contributed by atoms with E-state index in [0.717, 1.165) is 50.8 Å². The van der Waals surface area contributed by atoms with Gasteiger partial charge in [-0.2, -0.15) is 4.98 Å². The molecule has 3 aromatic heterocycles. The van der Waals surface area contributed by atoms with Crippen molar-refractivity contribution in [3.05, 3.63) is 59.0 Å². The van der Waals surface area contributed by atoms with Gasteiger partial charge in [0.05, 0.1) is 21.7 Å². The molecule has 0 saturated heterocycles. The van der Waals surface area contributed by atoms with Crippen molar-refractivity contribution in [3.8, 4) is 10.6 Å². The van der Waals surface area contributed by atoms with E-state index < -0.39 is 0 Å². The zero-order chi connectivity index (χ0) is 24.9. The van der Waals surface area contributed by atoms with E-state index in [0.29, 0.717) is 12.5 Å². The number of aryl methyl sites for hydroxylation is 3. The number of benzene rings is 1. The molecule has 184 valence electrons. The Labute approximate surface area is 211 Å². The van der Waals surface area contributed by atoms with Crippen molar-refractivity contribution in [2.24, 2.45) is 5.92 Å². The second-order valence-corrected chi connectivity index (χ2v) is 10.2. The molecule has 0 saturated carbocycles. The number of nitrogens with zero attached hydrogens (tertiary/aromatic N) is 4. The van der Waals surface area contributed by atoms with E-state index in [4.69, 9.17) is 15.0 Å². The van der Waals surface area contributed by atoms with Crippen LogP contribution >= 0.6 is 11.3 Å². The number of hydrogen-bond acceptors (Lipinski definition) is 8. The number of aliphatic hydroxyl groups excluding tert-OH is 1. The Morgan fingerprint density at radius 1 is 1.00 bits per heavy atom. The highest BCUT2D eigenvalue weighted by molar-refractivity contribution is 7.21. The lowest BCUT2D eigenvalue weighted by Crippen LogP contribution is -2.23. The normalized spacial score (nSPS) is 13.1. The van der Waals surface area contributed by atoms with Gasteiger partial charge >= 0.3 is 0 Å². The van der Waals surface area contributed by atoms with Crippen molar-refractivity contribution in [1.82, 2.24) is 19.9 Å². The molecule has 0 bridgehead atoms. The van der Waals surface area contributed by atoms with E-state index in [9.17, 15) is 5.11 Å². The van der Waals surface area contributed by atoms with Gasteiger partial charge in [-0.3, -0.25) is 4.98 Å². The molecule has 4 rings (SSSR count). The second-order valence-electron chi connectivity index (χ2n) is 9.20. The van der Waals surface area contributed by atoms with Gasteiger partial charge < -0.3 is 15.7 Å². The quantitative estimate of drug-likeness (QED) is 0.255. The summed E-state index contributed by atoms with van der Waals surface area (Å²) in [5, 5.41) is 17.5. The largest absolute Gasteiger partial charge is 0.396 e. The maximum Gasteiger partial charge on any atom is 0.225 e. The average Bonchev–Trinajstić information content (AvgIpc) is 3.27. The highest BCUT2D eigenvalue weighted by atomic mass is 32.1. The van der Waals surface area contributed by atoms with Crippen molar-refractivity contribution in [1.29, 1.82) is 0 Å². The van der Waals surface area contributed by atoms with E-state index in [-0.39, 0.29) is 18.6 Å². The summed E-state index contributed by atoms with van der Waals surface area (Å²) in [6.07, 6.45) is 3.61. The van der Waals surface area contributed by atoms with Crippen LogP contribution in [0.4, 0.5) is 11.8 Å². The fraction of sp³-hybridized carbons (Fsp3) is 0.407. The zero-order valence-corrected chi connectivity index (χ0v) is 21.9. The SMILES string of the molecule is CCC(CO)CC(C)Nc1nc(NCc2ccc(C)cc2)nc(C)c1-c1nc2c(C)nccc2s1. The van der Waals surface area contributed by atoms with E-state index in [1.165, 1.54) is 11.1 Å². The van der Waals surface area contributed by atoms with Gasteiger partial charge in [0.15, 0.2) is 0 Å². The van der Waals surface area contributed by atoms with Crippen LogP contribution in [-0.2, 0) is 6.54 Å². The first-order valence-corrected chi connectivity index (χ1v) is 13.0. The van der Waals surface area contributed by atoms with Gasteiger partial charge in [-0.1, -0.05) is 43.2 Å². The zero-order valence-electron chi connectivity index (χ0n) is 21.1. The molecular formula is C27H34N6OS. The molecule has 4 aromatic rings. The number of hydrogen-bond donors (Lipinski definition) is 3. The third-order valence-electron chi connectivity index (χ3n) is 6.27. The van der Waals surface area contributed by atoms with Gasteiger partial charge in [0.1, 0.15) is 16.3 Å². The lowest BCUT2D eigenvalue weighted by atomic mass is 9.99. The summed E-state index contributed by atoms with van der Waals surface area (Å²) in [6.45, 7) is 11.1. The summed E-state index contributed by atoms with van der Waals surface area (Å²) in [7, 11) is 0. The highest BCUT2D eigenvalue weighted by Crippen LogP contribution is 2.37. The minimum Gasteiger partial charge on any atom is -0.396 e. The van der Waals surface area contributed by atoms with Crippen LogP contribution in [0, 0.1) is 26.7 Å². The molecule has 2 unspecified atom stereocenters. The van der Waals surface area contributed by atoms with Gasteiger partial charge in [-0.15, -0.1) is 11.3 Å². The van der Waals surface area contributed by atoms with Crippen LogP contribution in [0.5, 0.6) is 0 Å². The molecule has 2 atom stereocenters. The van der Waals surface area contributed by atoms with Crippen LogP contribution in [0.1, 0.15) is 49.2 Å². The first-order chi connectivity index (χ1) is 16.9. The lowest BCUT2D eigenvalue weighted by Gasteiger charge is -2.21. The molecule has 3 heterocycles. The number of fused-ring (bicyclic) bond motifs is 1. The molecule has 7 nitrogen and oxygen atoms in total. The second kappa shape index (κ2) is 11.1. The topological polar surface area (TPSA) is 95.8 Å². The van der Waals surface area contributed by atoms with Crippen molar-refractivity contribution < 1.29 is 5.11 Å². The molecule has 0 aliphatic carbocycles. The highest BCUT2D eigenvalue weighted by Gasteiger charge is 2.21. The van der Waals surface area contributed by atoms with Gasteiger partial charge in [-0.25, -0.2) is 9.97 Å². The predicted molar refractivity (Wildman–Crippen MR) is 145 cm³/mol. The van der Waals surface area contributed by atoms with E-state index in [1.807, 2.05) is 26.1 Å². The summed E-state index contributed by atoms with van der Waals surface area (Å²) in [6, 6.07) is 10.6. The van der Waals surface area contributed by atoms with Gasteiger partial charge in [0.2, 0.25) is 5.95 Å².